The third-order valence-corrected chi connectivity index (χ3v) is 3.84. The van der Waals surface area contributed by atoms with E-state index in [9.17, 15) is 9.90 Å². The summed E-state index contributed by atoms with van der Waals surface area (Å²) in [6.45, 7) is 2.56. The first kappa shape index (κ1) is 11.8. The molecule has 0 saturated carbocycles. The van der Waals surface area contributed by atoms with E-state index in [0.29, 0.717) is 30.9 Å². The van der Waals surface area contributed by atoms with Crippen LogP contribution in [0.2, 0.25) is 0 Å². The molecule has 1 aliphatic rings. The summed E-state index contributed by atoms with van der Waals surface area (Å²) in [6, 6.07) is 0. The number of hydrogen-bond acceptors (Lipinski definition) is 6. The highest BCUT2D eigenvalue weighted by molar-refractivity contribution is 5.84. The van der Waals surface area contributed by atoms with Crippen LogP contribution >= 0.6 is 0 Å². The predicted octanol–water partition coefficient (Wildman–Crippen LogP) is 0.353. The average molecular weight is 262 g/mol. The van der Waals surface area contributed by atoms with Gasteiger partial charge < -0.3 is 10.0 Å². The van der Waals surface area contributed by atoms with Crippen molar-refractivity contribution < 1.29 is 9.90 Å². The molecule has 0 aromatic carbocycles. The summed E-state index contributed by atoms with van der Waals surface area (Å²) in [6.07, 6.45) is 5.15. The molecule has 1 N–H and O–H groups in total. The van der Waals surface area contributed by atoms with E-state index in [4.69, 9.17) is 0 Å². The number of anilines is 1. The molecule has 1 atom stereocenters. The Balaban J connectivity index is 2.15. The lowest BCUT2D eigenvalue weighted by Crippen LogP contribution is -2.51. The minimum Gasteiger partial charge on any atom is -0.479 e. The summed E-state index contributed by atoms with van der Waals surface area (Å²) < 4.78 is 1.53. The smallest absolute Gasteiger partial charge is 0.329 e. The van der Waals surface area contributed by atoms with Crippen LogP contribution in [0.1, 0.15) is 26.2 Å². The molecule has 0 aliphatic carbocycles. The molecular formula is C11H14N6O2. The second kappa shape index (κ2) is 4.15. The van der Waals surface area contributed by atoms with Crippen LogP contribution in [0.15, 0.2) is 12.4 Å². The maximum atomic E-state index is 11.7. The van der Waals surface area contributed by atoms with Crippen LogP contribution in [0.5, 0.6) is 0 Å². The number of tetrazole rings is 1. The van der Waals surface area contributed by atoms with Gasteiger partial charge in [0, 0.05) is 6.54 Å². The highest BCUT2D eigenvalue weighted by Gasteiger charge is 2.47. The lowest BCUT2D eigenvalue weighted by atomic mass is 9.93. The van der Waals surface area contributed by atoms with E-state index in [0.717, 1.165) is 6.42 Å². The van der Waals surface area contributed by atoms with Crippen molar-refractivity contribution in [1.82, 2.24) is 25.0 Å². The third kappa shape index (κ3) is 1.56. The topological polar surface area (TPSA) is 96.5 Å². The molecule has 1 unspecified atom stereocenters. The maximum Gasteiger partial charge on any atom is 0.329 e. The molecule has 8 heteroatoms. The Bertz CT molecular complexity index is 626. The Hall–Kier alpha value is -2.25. The van der Waals surface area contributed by atoms with Gasteiger partial charge in [-0.05, 0) is 29.7 Å². The molecule has 1 fully saturated rings. The lowest BCUT2D eigenvalue weighted by Gasteiger charge is -2.34. The molecule has 19 heavy (non-hydrogen) atoms. The Kier molecular flexibility index (Phi) is 2.58. The number of fused-ring (bicyclic) bond motifs is 1. The van der Waals surface area contributed by atoms with E-state index in [-0.39, 0.29) is 0 Å². The van der Waals surface area contributed by atoms with Crippen molar-refractivity contribution in [2.45, 2.75) is 31.7 Å². The van der Waals surface area contributed by atoms with Gasteiger partial charge in [0.25, 0.3) is 0 Å². The fourth-order valence-electron chi connectivity index (χ4n) is 2.80. The van der Waals surface area contributed by atoms with Gasteiger partial charge in [0.05, 0.1) is 12.4 Å². The van der Waals surface area contributed by atoms with Crippen molar-refractivity contribution in [3.8, 4) is 0 Å². The first-order valence-corrected chi connectivity index (χ1v) is 6.22. The van der Waals surface area contributed by atoms with Crippen molar-refractivity contribution in [2.24, 2.45) is 0 Å². The van der Waals surface area contributed by atoms with Crippen LogP contribution in [0.3, 0.4) is 0 Å². The Morgan fingerprint density at radius 1 is 1.53 bits per heavy atom. The zero-order valence-electron chi connectivity index (χ0n) is 10.5. The second-order valence-corrected chi connectivity index (χ2v) is 4.66. The van der Waals surface area contributed by atoms with Gasteiger partial charge >= 0.3 is 5.97 Å². The zero-order chi connectivity index (χ0) is 13.5. The third-order valence-electron chi connectivity index (χ3n) is 3.84. The Morgan fingerprint density at radius 3 is 3.11 bits per heavy atom. The fourth-order valence-corrected chi connectivity index (χ4v) is 2.80. The van der Waals surface area contributed by atoms with Gasteiger partial charge in [-0.2, -0.15) is 4.52 Å². The van der Waals surface area contributed by atoms with Crippen molar-refractivity contribution in [1.29, 1.82) is 0 Å². The Labute approximate surface area is 109 Å². The molecule has 0 amide bonds. The summed E-state index contributed by atoms with van der Waals surface area (Å²) >= 11 is 0. The number of aromatic nitrogens is 5. The second-order valence-electron chi connectivity index (χ2n) is 4.66. The van der Waals surface area contributed by atoms with Gasteiger partial charge in [-0.15, -0.1) is 5.10 Å². The maximum absolute atomic E-state index is 11.7. The van der Waals surface area contributed by atoms with Crippen molar-refractivity contribution in [3.63, 3.8) is 0 Å². The number of carboxylic acid groups (broad SMARTS) is 1. The van der Waals surface area contributed by atoms with Gasteiger partial charge in [0.1, 0.15) is 5.54 Å². The lowest BCUT2D eigenvalue weighted by molar-refractivity contribution is -0.143. The average Bonchev–Trinajstić information content (AvgIpc) is 3.05. The van der Waals surface area contributed by atoms with E-state index in [1.165, 1.54) is 4.52 Å². The molecule has 2 aromatic rings. The number of carbonyl (C=O) groups is 1. The molecule has 0 spiro atoms. The zero-order valence-corrected chi connectivity index (χ0v) is 10.5. The monoisotopic (exact) mass is 262 g/mol. The standard InChI is InChI=1S/C11H14N6O2/c1-2-11(10(18)19)4-3-5-16(11)9-7-12-6-8-13-14-15-17(8)9/h6-7H,2-5H2,1H3,(H,18,19). The van der Waals surface area contributed by atoms with Crippen LogP contribution in [0.4, 0.5) is 5.82 Å². The van der Waals surface area contributed by atoms with Gasteiger partial charge in [0.2, 0.25) is 0 Å². The van der Waals surface area contributed by atoms with Crippen molar-refractivity contribution in [2.75, 3.05) is 11.4 Å². The number of carboxylic acids is 1. The fraction of sp³-hybridized carbons (Fsp3) is 0.545. The van der Waals surface area contributed by atoms with E-state index in [1.54, 1.807) is 12.4 Å². The van der Waals surface area contributed by atoms with Gasteiger partial charge in [-0.1, -0.05) is 6.92 Å². The molecule has 0 radical (unpaired) electrons. The molecule has 3 rings (SSSR count). The van der Waals surface area contributed by atoms with Gasteiger partial charge in [-0.25, -0.2) is 4.79 Å². The number of rotatable bonds is 3. The highest BCUT2D eigenvalue weighted by Crippen LogP contribution is 2.36. The first-order chi connectivity index (χ1) is 9.19. The molecule has 0 bridgehead atoms. The minimum atomic E-state index is -0.887. The van der Waals surface area contributed by atoms with Crippen LogP contribution in [0, 0.1) is 0 Å². The largest absolute Gasteiger partial charge is 0.479 e. The quantitative estimate of drug-likeness (QED) is 0.852. The molecule has 1 aliphatic heterocycles. The van der Waals surface area contributed by atoms with Crippen LogP contribution < -0.4 is 4.90 Å². The van der Waals surface area contributed by atoms with E-state index in [1.807, 2.05) is 11.8 Å². The molecule has 100 valence electrons. The van der Waals surface area contributed by atoms with Crippen LogP contribution in [-0.2, 0) is 4.79 Å². The molecule has 2 aromatic heterocycles. The first-order valence-electron chi connectivity index (χ1n) is 6.22. The van der Waals surface area contributed by atoms with E-state index in [2.05, 4.69) is 20.5 Å². The van der Waals surface area contributed by atoms with E-state index < -0.39 is 11.5 Å². The van der Waals surface area contributed by atoms with Crippen molar-refractivity contribution in [3.05, 3.63) is 12.4 Å². The minimum absolute atomic E-state index is 0.514. The van der Waals surface area contributed by atoms with Gasteiger partial charge in [0.15, 0.2) is 11.5 Å². The molecule has 3 heterocycles. The molecular weight excluding hydrogens is 248 g/mol. The summed E-state index contributed by atoms with van der Waals surface area (Å²) in [5, 5.41) is 20.9. The summed E-state index contributed by atoms with van der Waals surface area (Å²) in [5.74, 6) is -0.179. The Morgan fingerprint density at radius 2 is 2.37 bits per heavy atom. The van der Waals surface area contributed by atoms with Crippen LogP contribution in [-0.4, -0.2) is 48.2 Å². The molecule has 8 nitrogen and oxygen atoms in total. The van der Waals surface area contributed by atoms with E-state index >= 15 is 0 Å². The number of aliphatic carboxylic acids is 1. The molecule has 1 saturated heterocycles. The number of hydrogen-bond donors (Lipinski definition) is 1. The summed E-state index contributed by atoms with van der Waals surface area (Å²) in [4.78, 5) is 17.6. The normalized spacial score (nSPS) is 23.1. The van der Waals surface area contributed by atoms with Crippen molar-refractivity contribution >= 4 is 17.4 Å². The van der Waals surface area contributed by atoms with Crippen LogP contribution in [0.25, 0.3) is 5.65 Å². The summed E-state index contributed by atoms with van der Waals surface area (Å²) in [5.41, 5.74) is -0.373. The SMILES string of the molecule is CCC1(C(=O)O)CCCN1c1cncc2nnnn12. The predicted molar refractivity (Wildman–Crippen MR) is 65.8 cm³/mol. The number of nitrogens with zero attached hydrogens (tertiary/aromatic N) is 6. The van der Waals surface area contributed by atoms with Gasteiger partial charge in [-0.3, -0.25) is 4.98 Å². The summed E-state index contributed by atoms with van der Waals surface area (Å²) in [7, 11) is 0. The highest BCUT2D eigenvalue weighted by atomic mass is 16.4.